The molecule has 0 atom stereocenters. The number of hydrogen-bond acceptors (Lipinski definition) is 6. The number of aromatic nitrogens is 3. The first-order chi connectivity index (χ1) is 5.36. The molecule has 6 nitrogen and oxygen atoms in total. The van der Waals surface area contributed by atoms with Crippen LogP contribution in [-0.2, 0) is 4.79 Å². The van der Waals surface area contributed by atoms with Crippen molar-refractivity contribution in [2.75, 3.05) is 7.11 Å². The molecule has 0 unspecified atom stereocenters. The molecule has 0 radical (unpaired) electrons. The van der Waals surface area contributed by atoms with Gasteiger partial charge in [0.25, 0.3) is 0 Å². The average Bonchev–Trinajstić information content (AvgIpc) is 2.07. The molecule has 0 aromatic carbocycles. The van der Waals surface area contributed by atoms with E-state index in [0.717, 1.165) is 0 Å². The molecular weight excluding hydrogens is 148 g/mol. The van der Waals surface area contributed by atoms with Crippen LogP contribution >= 0.6 is 0 Å². The van der Waals surface area contributed by atoms with E-state index in [-0.39, 0.29) is 11.8 Å². The van der Waals surface area contributed by atoms with Crippen LogP contribution < -0.4 is 4.74 Å². The van der Waals surface area contributed by atoms with Gasteiger partial charge in [-0.15, -0.1) is 10.1 Å². The first-order valence-corrected chi connectivity index (χ1v) is 2.68. The van der Waals surface area contributed by atoms with Crippen molar-refractivity contribution in [2.24, 2.45) is 4.99 Å². The second-order valence-electron chi connectivity index (χ2n) is 1.51. The van der Waals surface area contributed by atoms with E-state index in [1.165, 1.54) is 19.4 Å². The summed E-state index contributed by atoms with van der Waals surface area (Å²) in [5, 5.41) is 6.93. The van der Waals surface area contributed by atoms with Crippen LogP contribution in [0.4, 0.5) is 5.82 Å². The summed E-state index contributed by atoms with van der Waals surface area (Å²) in [5.41, 5.74) is 0. The first-order valence-electron chi connectivity index (χ1n) is 2.68. The Kier molecular flexibility index (Phi) is 2.24. The zero-order valence-corrected chi connectivity index (χ0v) is 5.68. The number of methoxy groups -OCH3 is 1. The summed E-state index contributed by atoms with van der Waals surface area (Å²) in [5.74, 6) is 0.112. The van der Waals surface area contributed by atoms with Crippen LogP contribution in [-0.4, -0.2) is 28.4 Å². The van der Waals surface area contributed by atoms with Gasteiger partial charge in [-0.25, -0.2) is 4.79 Å². The lowest BCUT2D eigenvalue weighted by atomic mass is 10.7. The van der Waals surface area contributed by atoms with Crippen molar-refractivity contribution in [1.82, 2.24) is 15.2 Å². The van der Waals surface area contributed by atoms with Crippen molar-refractivity contribution in [3.05, 3.63) is 6.20 Å². The Hall–Kier alpha value is -1.81. The summed E-state index contributed by atoms with van der Waals surface area (Å²) < 4.78 is 4.62. The smallest absolute Gasteiger partial charge is 0.335 e. The van der Waals surface area contributed by atoms with Gasteiger partial charge in [0.15, 0.2) is 0 Å². The van der Waals surface area contributed by atoms with E-state index >= 15 is 0 Å². The SMILES string of the molecule is COc1ncc(N=C=O)nn1. The molecular formula is C5H4N4O2. The Morgan fingerprint density at radius 2 is 2.45 bits per heavy atom. The zero-order valence-electron chi connectivity index (χ0n) is 5.68. The molecule has 56 valence electrons. The lowest BCUT2D eigenvalue weighted by molar-refractivity contribution is 0.373. The number of nitrogens with zero attached hydrogens (tertiary/aromatic N) is 4. The summed E-state index contributed by atoms with van der Waals surface area (Å²) in [6, 6.07) is 0.134. The molecule has 1 heterocycles. The van der Waals surface area contributed by atoms with E-state index < -0.39 is 0 Å². The highest BCUT2D eigenvalue weighted by Crippen LogP contribution is 2.03. The number of carbonyl (C=O) groups excluding carboxylic acids is 1. The molecule has 1 aromatic rings. The number of hydrogen-bond donors (Lipinski definition) is 0. The molecule has 0 fully saturated rings. The van der Waals surface area contributed by atoms with E-state index in [1.54, 1.807) is 0 Å². The molecule has 0 saturated carbocycles. The van der Waals surface area contributed by atoms with Crippen LogP contribution in [0, 0.1) is 0 Å². The highest BCUT2D eigenvalue weighted by Gasteiger charge is 1.94. The van der Waals surface area contributed by atoms with Crippen LogP contribution in [0.2, 0.25) is 0 Å². The fraction of sp³-hybridized carbons (Fsp3) is 0.200. The Morgan fingerprint density at radius 1 is 1.64 bits per heavy atom. The Balaban J connectivity index is 2.91. The van der Waals surface area contributed by atoms with Gasteiger partial charge in [-0.2, -0.15) is 4.98 Å². The van der Waals surface area contributed by atoms with Gasteiger partial charge < -0.3 is 4.74 Å². The molecule has 0 aliphatic carbocycles. The molecule has 0 spiro atoms. The van der Waals surface area contributed by atoms with Crippen LogP contribution in [0.1, 0.15) is 0 Å². The minimum absolute atomic E-state index is 0.112. The summed E-state index contributed by atoms with van der Waals surface area (Å²) in [6.07, 6.45) is 2.57. The zero-order chi connectivity index (χ0) is 8.10. The molecule has 1 aromatic heterocycles. The summed E-state index contributed by atoms with van der Waals surface area (Å²) in [7, 11) is 1.42. The van der Waals surface area contributed by atoms with E-state index in [0.29, 0.717) is 0 Å². The van der Waals surface area contributed by atoms with Gasteiger partial charge in [0.1, 0.15) is 0 Å². The number of isocyanates is 1. The van der Waals surface area contributed by atoms with Crippen molar-refractivity contribution >= 4 is 11.9 Å². The van der Waals surface area contributed by atoms with Crippen LogP contribution in [0.25, 0.3) is 0 Å². The van der Waals surface area contributed by atoms with Gasteiger partial charge in [0, 0.05) is 0 Å². The van der Waals surface area contributed by atoms with Gasteiger partial charge >= 0.3 is 6.01 Å². The maximum atomic E-state index is 9.71. The molecule has 0 aliphatic heterocycles. The van der Waals surface area contributed by atoms with E-state index in [1.807, 2.05) is 0 Å². The van der Waals surface area contributed by atoms with Crippen molar-refractivity contribution in [2.45, 2.75) is 0 Å². The first kappa shape index (κ1) is 7.30. The van der Waals surface area contributed by atoms with Crippen molar-refractivity contribution in [1.29, 1.82) is 0 Å². The van der Waals surface area contributed by atoms with Crippen LogP contribution in [0.3, 0.4) is 0 Å². The fourth-order valence-corrected chi connectivity index (χ4v) is 0.450. The normalized spacial score (nSPS) is 8.45. The Morgan fingerprint density at radius 3 is 2.91 bits per heavy atom. The molecule has 11 heavy (non-hydrogen) atoms. The summed E-state index contributed by atoms with van der Waals surface area (Å²) in [4.78, 5) is 16.5. The maximum Gasteiger partial charge on any atom is 0.335 e. The monoisotopic (exact) mass is 152 g/mol. The quantitative estimate of drug-likeness (QED) is 0.435. The number of ether oxygens (including phenoxy) is 1. The van der Waals surface area contributed by atoms with E-state index in [2.05, 4.69) is 24.9 Å². The minimum atomic E-state index is 0.112. The number of aliphatic imine (C=N–C) groups is 1. The van der Waals surface area contributed by atoms with E-state index in [4.69, 9.17) is 0 Å². The maximum absolute atomic E-state index is 9.71. The third kappa shape index (κ3) is 1.80. The molecule has 0 saturated heterocycles. The lowest BCUT2D eigenvalue weighted by Gasteiger charge is -1.92. The Labute approximate surface area is 62.0 Å². The molecule has 0 amide bonds. The van der Waals surface area contributed by atoms with Crippen molar-refractivity contribution in [3.63, 3.8) is 0 Å². The summed E-state index contributed by atoms with van der Waals surface area (Å²) >= 11 is 0. The second kappa shape index (κ2) is 3.38. The summed E-state index contributed by atoms with van der Waals surface area (Å²) in [6.45, 7) is 0. The number of rotatable bonds is 2. The second-order valence-corrected chi connectivity index (χ2v) is 1.51. The van der Waals surface area contributed by atoms with Gasteiger partial charge in [-0.1, -0.05) is 5.10 Å². The standard InChI is InChI=1S/C5H4N4O2/c1-11-5-6-2-4(7-3-10)8-9-5/h2H,1H3. The molecule has 0 aliphatic rings. The highest BCUT2D eigenvalue weighted by molar-refractivity contribution is 5.42. The van der Waals surface area contributed by atoms with E-state index in [9.17, 15) is 4.79 Å². The van der Waals surface area contributed by atoms with Gasteiger partial charge in [-0.3, -0.25) is 0 Å². The predicted octanol–water partition coefficient (Wildman–Crippen LogP) is -0.153. The molecule has 1 rings (SSSR count). The Bertz CT molecular complexity index is 277. The molecule has 0 bridgehead atoms. The highest BCUT2D eigenvalue weighted by atomic mass is 16.5. The van der Waals surface area contributed by atoms with Crippen molar-refractivity contribution in [3.8, 4) is 6.01 Å². The minimum Gasteiger partial charge on any atom is -0.466 e. The average molecular weight is 152 g/mol. The van der Waals surface area contributed by atoms with Crippen LogP contribution in [0.5, 0.6) is 6.01 Å². The third-order valence-corrected chi connectivity index (χ3v) is 0.871. The van der Waals surface area contributed by atoms with Crippen molar-refractivity contribution < 1.29 is 9.53 Å². The molecule has 6 heteroatoms. The fourth-order valence-electron chi connectivity index (χ4n) is 0.450. The lowest BCUT2D eigenvalue weighted by Crippen LogP contribution is -1.92. The van der Waals surface area contributed by atoms with Crippen LogP contribution in [0.15, 0.2) is 11.2 Å². The van der Waals surface area contributed by atoms with Gasteiger partial charge in [0.2, 0.25) is 11.9 Å². The third-order valence-electron chi connectivity index (χ3n) is 0.871. The topological polar surface area (TPSA) is 77.3 Å². The van der Waals surface area contributed by atoms with Gasteiger partial charge in [0.05, 0.1) is 13.3 Å². The molecule has 0 N–H and O–H groups in total. The predicted molar refractivity (Wildman–Crippen MR) is 34.2 cm³/mol. The largest absolute Gasteiger partial charge is 0.466 e. The van der Waals surface area contributed by atoms with Gasteiger partial charge in [-0.05, 0) is 0 Å².